The highest BCUT2D eigenvalue weighted by Crippen LogP contribution is 2.33. The lowest BCUT2D eigenvalue weighted by atomic mass is 9.96. The number of hydrogen-bond donors (Lipinski definition) is 1. The number of unbranched alkanes of at least 4 members (excludes halogenated alkanes) is 4. The summed E-state index contributed by atoms with van der Waals surface area (Å²) in [6, 6.07) is 0.261. The summed E-state index contributed by atoms with van der Waals surface area (Å²) in [5, 5.41) is 3.40. The molecule has 2 atom stereocenters. The molecule has 4 nitrogen and oxygen atoms in total. The van der Waals surface area contributed by atoms with Crippen LogP contribution in [0.25, 0.3) is 0 Å². The molecule has 0 heterocycles. The summed E-state index contributed by atoms with van der Waals surface area (Å²) in [7, 11) is 1.47. The Bertz CT molecular complexity index is 306. The standard InChI is InChI=1S/C17H33NO3/c1-5-6-7-8-9-12-21-15-10-11-17(13-15,16(19)20-4)18-14(2)3/h14-15,18H,5-13H2,1-4H3. The van der Waals surface area contributed by atoms with Crippen LogP contribution in [-0.4, -0.2) is 37.4 Å². The maximum Gasteiger partial charge on any atom is 0.326 e. The van der Waals surface area contributed by atoms with E-state index in [9.17, 15) is 4.79 Å². The van der Waals surface area contributed by atoms with Gasteiger partial charge in [0.1, 0.15) is 5.54 Å². The Kier molecular flexibility index (Phi) is 8.27. The summed E-state index contributed by atoms with van der Waals surface area (Å²) < 4.78 is 11.0. The third-order valence-corrected chi connectivity index (χ3v) is 4.21. The molecular weight excluding hydrogens is 266 g/mol. The van der Waals surface area contributed by atoms with Crippen LogP contribution in [0.5, 0.6) is 0 Å². The van der Waals surface area contributed by atoms with Crippen LogP contribution in [0.4, 0.5) is 0 Å². The fourth-order valence-electron chi connectivity index (χ4n) is 3.22. The Balaban J connectivity index is 2.35. The van der Waals surface area contributed by atoms with Crippen LogP contribution >= 0.6 is 0 Å². The summed E-state index contributed by atoms with van der Waals surface area (Å²) in [6.07, 6.45) is 8.90. The van der Waals surface area contributed by atoms with Crippen LogP contribution in [0.15, 0.2) is 0 Å². The average molecular weight is 299 g/mol. The number of rotatable bonds is 10. The van der Waals surface area contributed by atoms with Crippen molar-refractivity contribution in [3.63, 3.8) is 0 Å². The van der Waals surface area contributed by atoms with Crippen LogP contribution in [0, 0.1) is 0 Å². The molecule has 1 saturated carbocycles. The average Bonchev–Trinajstić information content (AvgIpc) is 2.85. The Morgan fingerprint density at radius 1 is 1.29 bits per heavy atom. The molecule has 0 bridgehead atoms. The number of hydrogen-bond acceptors (Lipinski definition) is 4. The molecule has 1 fully saturated rings. The Morgan fingerprint density at radius 3 is 2.62 bits per heavy atom. The van der Waals surface area contributed by atoms with Crippen molar-refractivity contribution in [1.82, 2.24) is 5.32 Å². The molecule has 0 aromatic heterocycles. The third-order valence-electron chi connectivity index (χ3n) is 4.21. The smallest absolute Gasteiger partial charge is 0.326 e. The molecule has 0 radical (unpaired) electrons. The molecular formula is C17H33NO3. The zero-order valence-corrected chi connectivity index (χ0v) is 14.2. The molecule has 1 aliphatic rings. The van der Waals surface area contributed by atoms with E-state index in [1.54, 1.807) is 0 Å². The van der Waals surface area contributed by atoms with Gasteiger partial charge in [-0.25, -0.2) is 0 Å². The van der Waals surface area contributed by atoms with Gasteiger partial charge in [-0.05, 0) is 33.1 Å². The summed E-state index contributed by atoms with van der Waals surface area (Å²) in [6.45, 7) is 7.16. The van der Waals surface area contributed by atoms with Gasteiger partial charge in [0.05, 0.1) is 13.2 Å². The Morgan fingerprint density at radius 2 is 2.00 bits per heavy atom. The molecule has 2 unspecified atom stereocenters. The molecule has 124 valence electrons. The molecule has 0 spiro atoms. The number of carbonyl (C=O) groups is 1. The van der Waals surface area contributed by atoms with E-state index in [2.05, 4.69) is 26.1 Å². The highest BCUT2D eigenvalue weighted by Gasteiger charge is 2.46. The predicted molar refractivity (Wildman–Crippen MR) is 85.4 cm³/mol. The van der Waals surface area contributed by atoms with Crippen molar-refractivity contribution in [2.24, 2.45) is 0 Å². The fourth-order valence-corrected chi connectivity index (χ4v) is 3.22. The van der Waals surface area contributed by atoms with Crippen LogP contribution in [0.2, 0.25) is 0 Å². The molecule has 1 rings (SSSR count). The third kappa shape index (κ3) is 5.95. The van der Waals surface area contributed by atoms with E-state index in [1.165, 1.54) is 32.8 Å². The van der Waals surface area contributed by atoms with Crippen molar-refractivity contribution in [2.45, 2.75) is 89.8 Å². The number of methoxy groups -OCH3 is 1. The number of carbonyl (C=O) groups excluding carboxylic acids is 1. The van der Waals surface area contributed by atoms with E-state index in [0.29, 0.717) is 0 Å². The zero-order chi connectivity index (χ0) is 15.7. The van der Waals surface area contributed by atoms with Crippen LogP contribution in [0.1, 0.15) is 72.1 Å². The van der Waals surface area contributed by atoms with Crippen molar-refractivity contribution < 1.29 is 14.3 Å². The van der Waals surface area contributed by atoms with Gasteiger partial charge in [0.2, 0.25) is 0 Å². The first kappa shape index (κ1) is 18.4. The lowest BCUT2D eigenvalue weighted by molar-refractivity contribution is -0.149. The molecule has 0 aromatic rings. The maximum atomic E-state index is 12.1. The molecule has 1 N–H and O–H groups in total. The second kappa shape index (κ2) is 9.42. The molecule has 1 aliphatic carbocycles. The first-order valence-corrected chi connectivity index (χ1v) is 8.51. The number of ether oxygens (including phenoxy) is 2. The summed E-state index contributed by atoms with van der Waals surface area (Å²) in [4.78, 5) is 12.1. The van der Waals surface area contributed by atoms with Gasteiger partial charge in [-0.3, -0.25) is 10.1 Å². The lowest BCUT2D eigenvalue weighted by Crippen LogP contribution is -2.53. The van der Waals surface area contributed by atoms with Crippen LogP contribution < -0.4 is 5.32 Å². The molecule has 0 saturated heterocycles. The molecule has 0 amide bonds. The highest BCUT2D eigenvalue weighted by molar-refractivity contribution is 5.81. The van der Waals surface area contributed by atoms with Gasteiger partial charge >= 0.3 is 5.97 Å². The summed E-state index contributed by atoms with van der Waals surface area (Å²) in [5.74, 6) is -0.148. The quantitative estimate of drug-likeness (QED) is 0.496. The molecule has 21 heavy (non-hydrogen) atoms. The van der Waals surface area contributed by atoms with E-state index in [4.69, 9.17) is 9.47 Å². The van der Waals surface area contributed by atoms with E-state index in [0.717, 1.165) is 32.3 Å². The second-order valence-corrected chi connectivity index (χ2v) is 6.52. The topological polar surface area (TPSA) is 47.6 Å². The van der Waals surface area contributed by atoms with Gasteiger partial charge < -0.3 is 9.47 Å². The first-order valence-electron chi connectivity index (χ1n) is 8.51. The predicted octanol–water partition coefficient (Wildman–Crippen LogP) is 3.44. The first-order chi connectivity index (χ1) is 10.0. The van der Waals surface area contributed by atoms with E-state index in [-0.39, 0.29) is 18.1 Å². The van der Waals surface area contributed by atoms with Gasteiger partial charge in [0.25, 0.3) is 0 Å². The van der Waals surface area contributed by atoms with E-state index in [1.807, 2.05) is 0 Å². The van der Waals surface area contributed by atoms with Crippen molar-refractivity contribution in [3.05, 3.63) is 0 Å². The molecule has 0 aliphatic heterocycles. The maximum absolute atomic E-state index is 12.1. The lowest BCUT2D eigenvalue weighted by Gasteiger charge is -2.30. The van der Waals surface area contributed by atoms with Gasteiger partial charge in [-0.15, -0.1) is 0 Å². The monoisotopic (exact) mass is 299 g/mol. The minimum atomic E-state index is -0.546. The summed E-state index contributed by atoms with van der Waals surface area (Å²) >= 11 is 0. The number of esters is 1. The van der Waals surface area contributed by atoms with Crippen molar-refractivity contribution >= 4 is 5.97 Å². The fraction of sp³-hybridized carbons (Fsp3) is 0.941. The largest absolute Gasteiger partial charge is 0.468 e. The minimum Gasteiger partial charge on any atom is -0.468 e. The van der Waals surface area contributed by atoms with Crippen molar-refractivity contribution in [1.29, 1.82) is 0 Å². The van der Waals surface area contributed by atoms with E-state index >= 15 is 0 Å². The van der Waals surface area contributed by atoms with Crippen molar-refractivity contribution in [2.75, 3.05) is 13.7 Å². The molecule has 0 aromatic carbocycles. The van der Waals surface area contributed by atoms with Gasteiger partial charge in [-0.2, -0.15) is 0 Å². The van der Waals surface area contributed by atoms with Gasteiger partial charge in [-0.1, -0.05) is 32.6 Å². The van der Waals surface area contributed by atoms with Crippen LogP contribution in [-0.2, 0) is 14.3 Å². The van der Waals surface area contributed by atoms with E-state index < -0.39 is 5.54 Å². The van der Waals surface area contributed by atoms with Crippen molar-refractivity contribution in [3.8, 4) is 0 Å². The second-order valence-electron chi connectivity index (χ2n) is 6.52. The Hall–Kier alpha value is -0.610. The zero-order valence-electron chi connectivity index (χ0n) is 14.2. The SMILES string of the molecule is CCCCCCCOC1CCC(NC(C)C)(C(=O)OC)C1. The normalized spacial score (nSPS) is 25.5. The molecule has 4 heteroatoms. The van der Waals surface area contributed by atoms with Crippen LogP contribution in [0.3, 0.4) is 0 Å². The summed E-state index contributed by atoms with van der Waals surface area (Å²) in [5.41, 5.74) is -0.546. The van der Waals surface area contributed by atoms with Gasteiger partial charge in [0, 0.05) is 19.1 Å². The highest BCUT2D eigenvalue weighted by atomic mass is 16.5. The van der Waals surface area contributed by atoms with Gasteiger partial charge in [0.15, 0.2) is 0 Å². The minimum absolute atomic E-state index is 0.148. The Labute approximate surface area is 130 Å². The number of nitrogens with one attached hydrogen (secondary N) is 1.